The van der Waals surface area contributed by atoms with Crippen LogP contribution < -0.4 is 4.90 Å². The lowest BCUT2D eigenvalue weighted by molar-refractivity contribution is -0.118. The topological polar surface area (TPSA) is 20.3 Å². The third-order valence-electron chi connectivity index (χ3n) is 2.49. The van der Waals surface area contributed by atoms with Gasteiger partial charge in [-0.3, -0.25) is 4.79 Å². The van der Waals surface area contributed by atoms with E-state index in [1.165, 1.54) is 5.56 Å². The summed E-state index contributed by atoms with van der Waals surface area (Å²) in [7, 11) is 0. The molecule has 2 nitrogen and oxygen atoms in total. The second-order valence-electron chi connectivity index (χ2n) is 3.77. The summed E-state index contributed by atoms with van der Waals surface area (Å²) in [4.78, 5) is 13.7. The minimum Gasteiger partial charge on any atom is -0.313 e. The number of alkyl halides is 1. The van der Waals surface area contributed by atoms with Gasteiger partial charge in [-0.25, -0.2) is 0 Å². The number of amides is 1. The first-order valence-electron chi connectivity index (χ1n) is 5.62. The summed E-state index contributed by atoms with van der Waals surface area (Å²) in [5, 5.41) is 0. The second kappa shape index (κ2) is 6.54. The van der Waals surface area contributed by atoms with Gasteiger partial charge in [0.25, 0.3) is 0 Å². The molecule has 3 heteroatoms. The van der Waals surface area contributed by atoms with E-state index in [2.05, 4.69) is 0 Å². The zero-order valence-electron chi connectivity index (χ0n) is 9.87. The number of aryl methyl sites for hydroxylation is 1. The molecule has 0 N–H and O–H groups in total. The van der Waals surface area contributed by atoms with E-state index in [-0.39, 0.29) is 5.91 Å². The molecule has 1 aromatic carbocycles. The van der Waals surface area contributed by atoms with E-state index in [0.717, 1.165) is 12.1 Å². The predicted octanol–water partition coefficient (Wildman–Crippen LogP) is 3.37. The van der Waals surface area contributed by atoms with E-state index in [9.17, 15) is 4.79 Å². The maximum Gasteiger partial charge on any atom is 0.227 e. The molecule has 0 saturated carbocycles. The number of rotatable bonds is 5. The summed E-state index contributed by atoms with van der Waals surface area (Å²) < 4.78 is 0. The fraction of sp³-hybridized carbons (Fsp3) is 0.462. The maximum atomic E-state index is 11.9. The predicted molar refractivity (Wildman–Crippen MR) is 69.2 cm³/mol. The van der Waals surface area contributed by atoms with Gasteiger partial charge >= 0.3 is 0 Å². The monoisotopic (exact) mass is 239 g/mol. The van der Waals surface area contributed by atoms with Gasteiger partial charge in [-0.1, -0.05) is 17.7 Å². The molecule has 0 aliphatic carbocycles. The van der Waals surface area contributed by atoms with E-state index >= 15 is 0 Å². The molecule has 0 atom stereocenters. The highest BCUT2D eigenvalue weighted by molar-refractivity contribution is 6.18. The summed E-state index contributed by atoms with van der Waals surface area (Å²) in [6.07, 6.45) is 1.26. The molecule has 0 heterocycles. The van der Waals surface area contributed by atoms with Crippen LogP contribution in [-0.4, -0.2) is 18.3 Å². The molecule has 0 bridgehead atoms. The first-order chi connectivity index (χ1) is 7.69. The number of anilines is 1. The number of benzene rings is 1. The Morgan fingerprint density at radius 3 is 2.44 bits per heavy atom. The average molecular weight is 240 g/mol. The van der Waals surface area contributed by atoms with Gasteiger partial charge in [0.2, 0.25) is 5.91 Å². The Hall–Kier alpha value is -1.02. The van der Waals surface area contributed by atoms with Crippen molar-refractivity contribution in [3.05, 3.63) is 29.8 Å². The van der Waals surface area contributed by atoms with Crippen LogP contribution in [0.2, 0.25) is 0 Å². The first kappa shape index (κ1) is 13.0. The third kappa shape index (κ3) is 3.53. The van der Waals surface area contributed by atoms with E-state index in [0.29, 0.717) is 18.8 Å². The van der Waals surface area contributed by atoms with Crippen molar-refractivity contribution in [1.29, 1.82) is 0 Å². The highest BCUT2D eigenvalue weighted by atomic mass is 35.5. The van der Waals surface area contributed by atoms with Gasteiger partial charge in [0.05, 0.1) is 0 Å². The Bertz CT molecular complexity index is 334. The van der Waals surface area contributed by atoms with Crippen molar-refractivity contribution in [3.63, 3.8) is 0 Å². The Morgan fingerprint density at radius 2 is 1.94 bits per heavy atom. The van der Waals surface area contributed by atoms with E-state index in [1.807, 2.05) is 38.1 Å². The van der Waals surface area contributed by atoms with Gasteiger partial charge < -0.3 is 4.90 Å². The SMILES string of the molecule is CCN(C(=O)CCCCl)c1ccc(C)cc1. The molecule has 0 unspecified atom stereocenters. The largest absolute Gasteiger partial charge is 0.313 e. The van der Waals surface area contributed by atoms with Crippen molar-refractivity contribution < 1.29 is 4.79 Å². The Balaban J connectivity index is 2.73. The van der Waals surface area contributed by atoms with Crippen molar-refractivity contribution in [2.45, 2.75) is 26.7 Å². The van der Waals surface area contributed by atoms with Crippen molar-refractivity contribution in [2.24, 2.45) is 0 Å². The molecule has 0 fully saturated rings. The van der Waals surface area contributed by atoms with Gasteiger partial charge in [-0.05, 0) is 32.4 Å². The summed E-state index contributed by atoms with van der Waals surface area (Å²) in [6, 6.07) is 8.01. The number of carbonyl (C=O) groups excluding carboxylic acids is 1. The minimum atomic E-state index is 0.145. The van der Waals surface area contributed by atoms with Crippen LogP contribution in [0, 0.1) is 6.92 Å². The first-order valence-corrected chi connectivity index (χ1v) is 6.15. The summed E-state index contributed by atoms with van der Waals surface area (Å²) >= 11 is 5.59. The molecule has 1 aromatic rings. The molecule has 16 heavy (non-hydrogen) atoms. The molecule has 0 aliphatic rings. The van der Waals surface area contributed by atoms with Gasteiger partial charge in [-0.2, -0.15) is 0 Å². The molecule has 0 saturated heterocycles. The van der Waals surface area contributed by atoms with Crippen molar-refractivity contribution >= 4 is 23.2 Å². The Kier molecular flexibility index (Phi) is 5.33. The summed E-state index contributed by atoms with van der Waals surface area (Å²) in [5.41, 5.74) is 2.17. The van der Waals surface area contributed by atoms with E-state index < -0.39 is 0 Å². The highest BCUT2D eigenvalue weighted by Crippen LogP contribution is 2.16. The maximum absolute atomic E-state index is 11.9. The average Bonchev–Trinajstić information content (AvgIpc) is 2.30. The molecule has 0 aliphatic heterocycles. The van der Waals surface area contributed by atoms with Crippen LogP contribution in [0.15, 0.2) is 24.3 Å². The number of hydrogen-bond donors (Lipinski definition) is 0. The number of hydrogen-bond acceptors (Lipinski definition) is 1. The van der Waals surface area contributed by atoms with Crippen LogP contribution in [0.5, 0.6) is 0 Å². The lowest BCUT2D eigenvalue weighted by Gasteiger charge is -2.21. The smallest absolute Gasteiger partial charge is 0.227 e. The molecular weight excluding hydrogens is 222 g/mol. The Labute approximate surface area is 102 Å². The van der Waals surface area contributed by atoms with E-state index in [4.69, 9.17) is 11.6 Å². The zero-order chi connectivity index (χ0) is 12.0. The van der Waals surface area contributed by atoms with Crippen molar-refractivity contribution in [2.75, 3.05) is 17.3 Å². The highest BCUT2D eigenvalue weighted by Gasteiger charge is 2.12. The van der Waals surface area contributed by atoms with E-state index in [1.54, 1.807) is 4.90 Å². The fourth-order valence-corrected chi connectivity index (χ4v) is 1.71. The fourth-order valence-electron chi connectivity index (χ4n) is 1.58. The third-order valence-corrected chi connectivity index (χ3v) is 2.75. The number of nitrogens with zero attached hydrogens (tertiary/aromatic N) is 1. The summed E-state index contributed by atoms with van der Waals surface area (Å²) in [5.74, 6) is 0.684. The molecular formula is C13H18ClNO. The van der Waals surface area contributed by atoms with Crippen LogP contribution >= 0.6 is 11.6 Å². The minimum absolute atomic E-state index is 0.145. The van der Waals surface area contributed by atoms with Crippen molar-refractivity contribution in [3.8, 4) is 0 Å². The number of carbonyl (C=O) groups is 1. The summed E-state index contributed by atoms with van der Waals surface area (Å²) in [6.45, 7) is 4.72. The van der Waals surface area contributed by atoms with Crippen LogP contribution in [0.25, 0.3) is 0 Å². The molecule has 88 valence electrons. The van der Waals surface area contributed by atoms with Crippen LogP contribution in [0.4, 0.5) is 5.69 Å². The molecule has 1 rings (SSSR count). The molecule has 0 spiro atoms. The van der Waals surface area contributed by atoms with Crippen LogP contribution in [0.1, 0.15) is 25.3 Å². The zero-order valence-corrected chi connectivity index (χ0v) is 10.6. The lowest BCUT2D eigenvalue weighted by Crippen LogP contribution is -2.30. The van der Waals surface area contributed by atoms with Gasteiger partial charge in [0.15, 0.2) is 0 Å². The molecule has 0 radical (unpaired) electrons. The second-order valence-corrected chi connectivity index (χ2v) is 4.14. The normalized spacial score (nSPS) is 10.2. The van der Waals surface area contributed by atoms with Crippen LogP contribution in [-0.2, 0) is 4.79 Å². The lowest BCUT2D eigenvalue weighted by atomic mass is 10.2. The standard InChI is InChI=1S/C13H18ClNO/c1-3-15(13(16)5-4-10-14)12-8-6-11(2)7-9-12/h6-9H,3-5,10H2,1-2H3. The van der Waals surface area contributed by atoms with Crippen molar-refractivity contribution in [1.82, 2.24) is 0 Å². The van der Waals surface area contributed by atoms with Gasteiger partial charge in [-0.15, -0.1) is 11.6 Å². The molecule has 1 amide bonds. The quantitative estimate of drug-likeness (QED) is 0.722. The van der Waals surface area contributed by atoms with Gasteiger partial charge in [0.1, 0.15) is 0 Å². The number of halogens is 1. The Morgan fingerprint density at radius 1 is 1.31 bits per heavy atom. The molecule has 0 aromatic heterocycles. The van der Waals surface area contributed by atoms with Crippen LogP contribution in [0.3, 0.4) is 0 Å². The van der Waals surface area contributed by atoms with Gasteiger partial charge in [0, 0.05) is 24.5 Å².